The van der Waals surface area contributed by atoms with Gasteiger partial charge in [-0.1, -0.05) is 105 Å². The van der Waals surface area contributed by atoms with Crippen LogP contribution < -0.4 is 31.9 Å². The van der Waals surface area contributed by atoms with Crippen LogP contribution >= 0.6 is 0 Å². The van der Waals surface area contributed by atoms with Gasteiger partial charge in [0.15, 0.2) is 0 Å². The summed E-state index contributed by atoms with van der Waals surface area (Å²) in [5.41, 5.74) is 2.89. The van der Waals surface area contributed by atoms with Crippen LogP contribution in [0.1, 0.15) is 95.3 Å². The summed E-state index contributed by atoms with van der Waals surface area (Å²) >= 11 is 0. The summed E-state index contributed by atoms with van der Waals surface area (Å²) in [7, 11) is 1.18. The lowest BCUT2D eigenvalue weighted by Crippen LogP contribution is -2.47. The number of esters is 1. The van der Waals surface area contributed by atoms with Crippen LogP contribution in [-0.2, 0) is 64.2 Å². The van der Waals surface area contributed by atoms with E-state index in [4.69, 9.17) is 14.2 Å². The highest BCUT2D eigenvalue weighted by Gasteiger charge is 2.27. The van der Waals surface area contributed by atoms with Crippen LogP contribution in [0.4, 0.5) is 18.4 Å². The van der Waals surface area contributed by atoms with Crippen molar-refractivity contribution in [1.29, 1.82) is 0 Å². The Kier molecular flexibility index (Phi) is 28.5. The number of alkyl carbamates (subject to hydrolysis) is 2. The number of unbranched alkanes of at least 4 members (excludes halogenated alkanes) is 2. The molecule has 0 fully saturated rings. The number of nitrogens with one attached hydrogen (secondary N) is 6. The first kappa shape index (κ1) is 66.6. The number of benzene rings is 5. The third-order valence-corrected chi connectivity index (χ3v) is 13.4. The zero-order valence-corrected chi connectivity index (χ0v) is 48.2. The molecule has 0 radical (unpaired) electrons. The summed E-state index contributed by atoms with van der Waals surface area (Å²) < 4.78 is 42.6. The fourth-order valence-electron chi connectivity index (χ4n) is 8.67. The summed E-state index contributed by atoms with van der Waals surface area (Å²) in [6.45, 7) is 2.26. The van der Waals surface area contributed by atoms with Crippen LogP contribution in [0.15, 0.2) is 133 Å². The standard InChI is InChI=1S/C63H76F2N8O12/c1-44(2)53(70-62(81)84-42-47-15-6-4-7-16-47)21-10-12-33-66-55(74)38-72(40-57(76)68-35-31-45-23-27-51(64)28-24-45)59(78)49-19-14-20-50(37-49)60(79)73(41-58(77)69-36-32-46-25-29-52(65)30-26-46)39-56(75)67-34-13-11-22-54(61(80)83-3)71-63(82)85-43-48-17-8-5-9-18-48/h4-9,14-20,23-30,37,44,53-54H,10-13,21-22,31-36,38-43H2,1-3H3,(H,66,74)(H,67,75)(H,68,76)(H,69,77)(H,70,81)(H,71,82)/t53-,54-/m0/s1. The molecule has 0 aliphatic heterocycles. The van der Waals surface area contributed by atoms with Crippen LogP contribution in [0.2, 0.25) is 0 Å². The predicted molar refractivity (Wildman–Crippen MR) is 312 cm³/mol. The summed E-state index contributed by atoms with van der Waals surface area (Å²) in [5.74, 6) is -5.51. The van der Waals surface area contributed by atoms with E-state index in [1.54, 1.807) is 48.5 Å². The summed E-state index contributed by atoms with van der Waals surface area (Å²) in [5, 5.41) is 16.4. The topological polar surface area (TPSA) is 260 Å². The molecule has 20 nitrogen and oxygen atoms in total. The molecule has 0 aliphatic carbocycles. The van der Waals surface area contributed by atoms with Crippen LogP contribution in [0.25, 0.3) is 0 Å². The number of methoxy groups -OCH3 is 1. The molecule has 0 bridgehead atoms. The maximum Gasteiger partial charge on any atom is 0.408 e. The van der Waals surface area contributed by atoms with E-state index in [9.17, 15) is 51.9 Å². The Labute approximate surface area is 494 Å². The van der Waals surface area contributed by atoms with Gasteiger partial charge in [-0.2, -0.15) is 0 Å². The maximum atomic E-state index is 14.4. The van der Waals surface area contributed by atoms with Gasteiger partial charge in [0, 0.05) is 43.3 Å². The van der Waals surface area contributed by atoms with Gasteiger partial charge in [-0.25, -0.2) is 23.2 Å². The summed E-state index contributed by atoms with van der Waals surface area (Å²) in [4.78, 5) is 122. The highest BCUT2D eigenvalue weighted by Crippen LogP contribution is 2.15. The predicted octanol–water partition coefficient (Wildman–Crippen LogP) is 6.56. The molecule has 0 aromatic heterocycles. The molecule has 8 amide bonds. The minimum Gasteiger partial charge on any atom is -0.467 e. The molecule has 0 saturated carbocycles. The van der Waals surface area contributed by atoms with Gasteiger partial charge in [0.05, 0.1) is 7.11 Å². The minimum atomic E-state index is -1.04. The van der Waals surface area contributed by atoms with Gasteiger partial charge in [0.25, 0.3) is 11.8 Å². The molecule has 0 spiro atoms. The van der Waals surface area contributed by atoms with Gasteiger partial charge in [-0.15, -0.1) is 0 Å². The van der Waals surface area contributed by atoms with Gasteiger partial charge < -0.3 is 55.9 Å². The molecule has 2 atom stereocenters. The number of hydrogen-bond donors (Lipinski definition) is 6. The molecule has 0 aliphatic rings. The Bertz CT molecular complexity index is 2960. The molecule has 0 unspecified atom stereocenters. The molecule has 5 aromatic carbocycles. The van der Waals surface area contributed by atoms with Crippen LogP contribution in [0, 0.1) is 17.6 Å². The average Bonchev–Trinajstić information content (AvgIpc) is 3.67. The number of halogens is 2. The fourth-order valence-corrected chi connectivity index (χ4v) is 8.67. The Morgan fingerprint density at radius 2 is 0.859 bits per heavy atom. The zero-order chi connectivity index (χ0) is 61.3. The van der Waals surface area contributed by atoms with Crippen molar-refractivity contribution < 1.29 is 66.1 Å². The van der Waals surface area contributed by atoms with Gasteiger partial charge in [-0.05, 0) is 122 Å². The molecule has 5 rings (SSSR count). The highest BCUT2D eigenvalue weighted by atomic mass is 19.1. The van der Waals surface area contributed by atoms with Crippen molar-refractivity contribution >= 4 is 53.6 Å². The van der Waals surface area contributed by atoms with Crippen molar-refractivity contribution in [3.8, 4) is 0 Å². The van der Waals surface area contributed by atoms with Gasteiger partial charge in [0.1, 0.15) is 57.1 Å². The molecule has 5 aromatic rings. The van der Waals surface area contributed by atoms with E-state index in [-0.39, 0.29) is 68.9 Å². The Hall–Kier alpha value is -9.21. The molecule has 0 heterocycles. The minimum absolute atomic E-state index is 0.0179. The molecule has 0 saturated heterocycles. The molecule has 22 heteroatoms. The van der Waals surface area contributed by atoms with Crippen molar-refractivity contribution in [2.75, 3.05) is 59.5 Å². The van der Waals surface area contributed by atoms with Gasteiger partial charge in [0.2, 0.25) is 23.6 Å². The van der Waals surface area contributed by atoms with E-state index in [1.807, 2.05) is 50.2 Å². The van der Waals surface area contributed by atoms with Crippen LogP contribution in [0.3, 0.4) is 0 Å². The molecule has 454 valence electrons. The molecule has 85 heavy (non-hydrogen) atoms. The van der Waals surface area contributed by atoms with Crippen LogP contribution in [0.5, 0.6) is 0 Å². The van der Waals surface area contributed by atoms with Gasteiger partial charge in [-0.3, -0.25) is 28.8 Å². The third kappa shape index (κ3) is 25.4. The van der Waals surface area contributed by atoms with Crippen molar-refractivity contribution in [1.82, 2.24) is 41.7 Å². The van der Waals surface area contributed by atoms with Crippen molar-refractivity contribution in [2.45, 2.75) is 90.5 Å². The Morgan fingerprint density at radius 1 is 0.459 bits per heavy atom. The lowest BCUT2D eigenvalue weighted by Gasteiger charge is -2.24. The smallest absolute Gasteiger partial charge is 0.408 e. The first-order chi connectivity index (χ1) is 41.0. The van der Waals surface area contributed by atoms with E-state index in [0.717, 1.165) is 32.1 Å². The molecule has 6 N–H and O–H groups in total. The van der Waals surface area contributed by atoms with Crippen molar-refractivity contribution in [3.63, 3.8) is 0 Å². The van der Waals surface area contributed by atoms with E-state index in [2.05, 4.69) is 31.9 Å². The number of nitrogens with zero attached hydrogens (tertiary/aromatic N) is 2. The van der Waals surface area contributed by atoms with E-state index in [0.29, 0.717) is 44.9 Å². The quantitative estimate of drug-likeness (QED) is 0.0145. The second kappa shape index (κ2) is 36.4. The Balaban J connectivity index is 1.22. The van der Waals surface area contributed by atoms with Gasteiger partial charge >= 0.3 is 18.2 Å². The summed E-state index contributed by atoms with van der Waals surface area (Å²) in [6.07, 6.45) is 1.84. The summed E-state index contributed by atoms with van der Waals surface area (Å²) in [6, 6.07) is 33.9. The first-order valence-electron chi connectivity index (χ1n) is 28.2. The monoisotopic (exact) mass is 1170 g/mol. The number of rotatable bonds is 34. The maximum absolute atomic E-state index is 14.4. The molecular formula is C63H76F2N8O12. The highest BCUT2D eigenvalue weighted by molar-refractivity contribution is 6.03. The van der Waals surface area contributed by atoms with Crippen molar-refractivity contribution in [2.24, 2.45) is 5.92 Å². The Morgan fingerprint density at radius 3 is 1.27 bits per heavy atom. The number of amides is 8. The second-order valence-corrected chi connectivity index (χ2v) is 20.4. The lowest BCUT2D eigenvalue weighted by atomic mass is 9.98. The van der Waals surface area contributed by atoms with E-state index < -0.39 is 97.5 Å². The number of hydrogen-bond acceptors (Lipinski definition) is 12. The molecular weight excluding hydrogens is 1100 g/mol. The largest absolute Gasteiger partial charge is 0.467 e. The number of ether oxygens (including phenoxy) is 3. The third-order valence-electron chi connectivity index (χ3n) is 13.4. The number of carbonyl (C=O) groups excluding carboxylic acids is 9. The zero-order valence-electron chi connectivity index (χ0n) is 48.2. The fraction of sp³-hybridized carbons (Fsp3) is 0.381. The van der Waals surface area contributed by atoms with Crippen molar-refractivity contribution in [3.05, 3.63) is 178 Å². The lowest BCUT2D eigenvalue weighted by molar-refractivity contribution is -0.143. The SMILES string of the molecule is COC(=O)[C@H](CCCCNC(=O)CN(CC(=O)NCCc1ccc(F)cc1)C(=O)c1cccc(C(=O)N(CC(=O)NCCCC[C@H](NC(=O)OCc2ccccc2)C(C)C)CC(=O)NCCc2ccc(F)cc2)c1)NC(=O)OCc1ccccc1. The van der Waals surface area contributed by atoms with Crippen LogP contribution in [-0.4, -0.2) is 135 Å². The normalized spacial score (nSPS) is 11.5. The second-order valence-electron chi connectivity index (χ2n) is 20.4. The number of carbonyl (C=O) groups is 9. The van der Waals surface area contributed by atoms with E-state index in [1.165, 1.54) is 55.6 Å². The average molecular weight is 1180 g/mol. The first-order valence-corrected chi connectivity index (χ1v) is 28.2. The van der Waals surface area contributed by atoms with E-state index >= 15 is 0 Å².